The van der Waals surface area contributed by atoms with Crippen LogP contribution in [0.25, 0.3) is 0 Å². The molecular weight excluding hydrogens is 487 g/mol. The summed E-state index contributed by atoms with van der Waals surface area (Å²) in [7, 11) is 3.67. The van der Waals surface area contributed by atoms with E-state index < -0.39 is 5.91 Å². The summed E-state index contributed by atoms with van der Waals surface area (Å²) in [5.41, 5.74) is 0.637. The van der Waals surface area contributed by atoms with Gasteiger partial charge >= 0.3 is 0 Å². The van der Waals surface area contributed by atoms with Gasteiger partial charge in [0.1, 0.15) is 12.3 Å². The Kier molecular flexibility index (Phi) is 9.26. The van der Waals surface area contributed by atoms with Gasteiger partial charge in [-0.15, -0.1) is 12.4 Å². The van der Waals surface area contributed by atoms with Crippen LogP contribution in [0.1, 0.15) is 24.6 Å². The Hall–Kier alpha value is -2.32. The molecule has 35 heavy (non-hydrogen) atoms. The fourth-order valence-corrected chi connectivity index (χ4v) is 4.92. The molecule has 9 heteroatoms. The second-order valence-corrected chi connectivity index (χ2v) is 9.34. The van der Waals surface area contributed by atoms with Gasteiger partial charge in [0, 0.05) is 37.8 Å². The number of halogens is 2. The number of likely N-dealkylation sites (tertiary alicyclic amines) is 1. The lowest BCUT2D eigenvalue weighted by Crippen LogP contribution is -2.55. The van der Waals surface area contributed by atoms with Crippen LogP contribution in [0.4, 0.5) is 5.69 Å². The summed E-state index contributed by atoms with van der Waals surface area (Å²) in [5, 5.41) is 0.376. The largest absolute Gasteiger partial charge is 0.497 e. The highest BCUT2D eigenvalue weighted by Crippen LogP contribution is 2.27. The molecule has 0 N–H and O–H groups in total. The van der Waals surface area contributed by atoms with Crippen LogP contribution in [0.3, 0.4) is 0 Å². The zero-order chi connectivity index (χ0) is 24.9. The van der Waals surface area contributed by atoms with Crippen LogP contribution >= 0.6 is 24.0 Å². The van der Waals surface area contributed by atoms with Crippen molar-refractivity contribution in [2.45, 2.75) is 18.9 Å². The number of rotatable bonds is 6. The summed E-state index contributed by atoms with van der Waals surface area (Å²) in [4.78, 5) is 35.0. The Bertz CT molecular complexity index is 1060. The molecule has 190 valence electrons. The highest BCUT2D eigenvalue weighted by atomic mass is 35.5. The van der Waals surface area contributed by atoms with E-state index in [1.807, 2.05) is 4.90 Å². The predicted octanol–water partition coefficient (Wildman–Crippen LogP) is 3.66. The monoisotopic (exact) mass is 521 g/mol. The molecule has 7 nitrogen and oxygen atoms in total. The van der Waals surface area contributed by atoms with Gasteiger partial charge in [-0.25, -0.2) is 0 Å². The number of methoxy groups -OCH3 is 1. The number of hydrogen-bond donors (Lipinski definition) is 0. The van der Waals surface area contributed by atoms with Gasteiger partial charge in [-0.3, -0.25) is 19.4 Å². The van der Waals surface area contributed by atoms with Gasteiger partial charge in [0.15, 0.2) is 0 Å². The predicted molar refractivity (Wildman–Crippen MR) is 142 cm³/mol. The fraction of sp³-hybridized carbons (Fsp3) is 0.462. The molecule has 2 aromatic rings. The van der Waals surface area contributed by atoms with Crippen molar-refractivity contribution in [3.05, 3.63) is 59.1 Å². The van der Waals surface area contributed by atoms with E-state index in [9.17, 15) is 9.59 Å². The van der Waals surface area contributed by atoms with Gasteiger partial charge < -0.3 is 14.5 Å². The van der Waals surface area contributed by atoms with Crippen molar-refractivity contribution in [3.8, 4) is 5.75 Å². The van der Waals surface area contributed by atoms with E-state index in [-0.39, 0.29) is 36.5 Å². The number of nitrogens with zero attached hydrogens (tertiary/aromatic N) is 4. The third kappa shape index (κ3) is 6.67. The molecule has 0 aromatic heterocycles. The van der Waals surface area contributed by atoms with Crippen LogP contribution in [-0.4, -0.2) is 92.5 Å². The van der Waals surface area contributed by atoms with Crippen LogP contribution in [0.2, 0.25) is 5.02 Å². The van der Waals surface area contributed by atoms with E-state index in [1.54, 1.807) is 36.4 Å². The molecule has 2 amide bonds. The minimum Gasteiger partial charge on any atom is -0.497 e. The number of para-hydroxylation sites is 1. The highest BCUT2D eigenvalue weighted by Gasteiger charge is 2.30. The minimum absolute atomic E-state index is 0. The maximum absolute atomic E-state index is 13.5. The van der Waals surface area contributed by atoms with Crippen LogP contribution < -0.4 is 9.64 Å². The molecule has 2 aliphatic heterocycles. The first-order valence-corrected chi connectivity index (χ1v) is 12.2. The molecule has 0 radical (unpaired) electrons. The molecule has 0 saturated carbocycles. The lowest BCUT2D eigenvalue weighted by atomic mass is 10.0. The second-order valence-electron chi connectivity index (χ2n) is 8.94. The molecule has 2 aliphatic rings. The Morgan fingerprint density at radius 2 is 1.74 bits per heavy atom. The van der Waals surface area contributed by atoms with Crippen molar-refractivity contribution < 1.29 is 15.7 Å². The number of piperazine rings is 1. The molecule has 0 spiro atoms. The lowest BCUT2D eigenvalue weighted by Gasteiger charge is -2.42. The molecule has 2 heterocycles. The van der Waals surface area contributed by atoms with Gasteiger partial charge in [0.2, 0.25) is 5.91 Å². The van der Waals surface area contributed by atoms with Gasteiger partial charge in [-0.2, -0.15) is 0 Å². The smallest absolute Gasteiger partial charge is 0.258 e. The van der Waals surface area contributed by atoms with Crippen molar-refractivity contribution in [2.24, 2.45) is 0 Å². The van der Waals surface area contributed by atoms with Crippen molar-refractivity contribution >= 4 is 41.5 Å². The van der Waals surface area contributed by atoms with E-state index in [1.165, 1.54) is 18.1 Å². The average Bonchev–Trinajstić information content (AvgIpc) is 2.88. The molecule has 0 unspecified atom stereocenters. The number of carbonyl (C=O) groups excluding carboxylic acids is 2. The van der Waals surface area contributed by atoms with Gasteiger partial charge in [-0.1, -0.05) is 23.7 Å². The van der Waals surface area contributed by atoms with Crippen LogP contribution in [0.15, 0.2) is 48.5 Å². The van der Waals surface area contributed by atoms with E-state index >= 15 is 0 Å². The van der Waals surface area contributed by atoms with Gasteiger partial charge in [-0.05, 0) is 69.4 Å². The van der Waals surface area contributed by atoms with Gasteiger partial charge in [0.25, 0.3) is 5.91 Å². The third-order valence-electron chi connectivity index (χ3n) is 6.80. The standard InChI is InChI=1S/C26H33ClN4O3.ClH/c1-28-13-11-21(12-14-28)29-15-17-30(18-16-29)25(32)19-31(24-6-4-3-5-23(24)27)26(33)20-7-9-22(34-2)10-8-20;/h3-10,21H,11-19H2,1-2H3;1H/i7D;. The molecule has 0 aliphatic carbocycles. The number of hydrogen-bond acceptors (Lipinski definition) is 5. The van der Waals surface area contributed by atoms with E-state index in [2.05, 4.69) is 16.8 Å². The Balaban J connectivity index is 0.00000361. The van der Waals surface area contributed by atoms with Crippen molar-refractivity contribution in [3.63, 3.8) is 0 Å². The first kappa shape index (κ1) is 25.8. The highest BCUT2D eigenvalue weighted by molar-refractivity contribution is 6.34. The summed E-state index contributed by atoms with van der Waals surface area (Å²) in [6.45, 7) is 5.06. The molecular formula is C26H34Cl2N4O3. The first-order valence-electron chi connectivity index (χ1n) is 12.3. The number of benzene rings is 2. The molecule has 2 fully saturated rings. The Labute approximate surface area is 220 Å². The number of amides is 2. The number of piperidine rings is 1. The lowest BCUT2D eigenvalue weighted by molar-refractivity contribution is -0.131. The van der Waals surface area contributed by atoms with E-state index in [4.69, 9.17) is 17.7 Å². The van der Waals surface area contributed by atoms with Crippen molar-refractivity contribution in [1.29, 1.82) is 0 Å². The van der Waals surface area contributed by atoms with Crippen molar-refractivity contribution in [1.82, 2.24) is 14.7 Å². The van der Waals surface area contributed by atoms with E-state index in [0.717, 1.165) is 39.0 Å². The summed E-state index contributed by atoms with van der Waals surface area (Å²) >= 11 is 6.43. The number of anilines is 1. The Morgan fingerprint density at radius 3 is 2.37 bits per heavy atom. The van der Waals surface area contributed by atoms with Crippen LogP contribution in [-0.2, 0) is 4.79 Å². The summed E-state index contributed by atoms with van der Waals surface area (Å²) in [6, 6.07) is 12.3. The maximum Gasteiger partial charge on any atom is 0.258 e. The number of ether oxygens (including phenoxy) is 1. The summed E-state index contributed by atoms with van der Waals surface area (Å²) in [5.74, 6) is -0.0696. The second kappa shape index (κ2) is 12.6. The van der Waals surface area contributed by atoms with Gasteiger partial charge in [0.05, 0.1) is 19.2 Å². The Morgan fingerprint density at radius 1 is 1.06 bits per heavy atom. The van der Waals surface area contributed by atoms with Crippen molar-refractivity contribution in [2.75, 3.05) is 64.9 Å². The third-order valence-corrected chi connectivity index (χ3v) is 7.12. The summed E-state index contributed by atoms with van der Waals surface area (Å²) < 4.78 is 13.5. The first-order chi connectivity index (χ1) is 16.9. The normalized spacial score (nSPS) is 17.9. The quantitative estimate of drug-likeness (QED) is 0.580. The zero-order valence-electron chi connectivity index (χ0n) is 21.3. The topological polar surface area (TPSA) is 56.3 Å². The molecule has 0 atom stereocenters. The maximum atomic E-state index is 13.5. The minimum atomic E-state index is -0.441. The average molecular weight is 522 g/mol. The fourth-order valence-electron chi connectivity index (χ4n) is 4.68. The molecule has 2 saturated heterocycles. The van der Waals surface area contributed by atoms with E-state index in [0.29, 0.717) is 35.6 Å². The number of carbonyl (C=O) groups is 2. The zero-order valence-corrected chi connectivity index (χ0v) is 21.9. The summed E-state index contributed by atoms with van der Waals surface area (Å²) in [6.07, 6.45) is 2.33. The molecule has 0 bridgehead atoms. The molecule has 2 aromatic carbocycles. The SMILES string of the molecule is Cl.[2H]c1cc(OC)ccc1C(=O)N(CC(=O)N1CCN(C2CCN(C)CC2)CC1)c1ccccc1Cl. The van der Waals surface area contributed by atoms with Crippen LogP contribution in [0.5, 0.6) is 5.75 Å². The molecule has 4 rings (SSSR count). The van der Waals surface area contributed by atoms with Crippen LogP contribution in [0, 0.1) is 0 Å².